The highest BCUT2D eigenvalue weighted by molar-refractivity contribution is 8.00. The number of carbonyl (C=O) groups is 1. The number of morpholine rings is 1. The highest BCUT2D eigenvalue weighted by Gasteiger charge is 2.25. The van der Waals surface area contributed by atoms with Gasteiger partial charge >= 0.3 is 0 Å². The van der Waals surface area contributed by atoms with Crippen LogP contribution in [0.3, 0.4) is 0 Å². The highest BCUT2D eigenvalue weighted by Crippen LogP contribution is 2.22. The molecule has 25 heavy (non-hydrogen) atoms. The van der Waals surface area contributed by atoms with Crippen LogP contribution in [-0.4, -0.2) is 49.4 Å². The van der Waals surface area contributed by atoms with E-state index in [1.165, 1.54) is 23.9 Å². The number of furan rings is 1. The van der Waals surface area contributed by atoms with E-state index < -0.39 is 0 Å². The van der Waals surface area contributed by atoms with Crippen molar-refractivity contribution in [1.29, 1.82) is 0 Å². The van der Waals surface area contributed by atoms with E-state index in [0.717, 1.165) is 23.7 Å². The molecule has 1 aromatic carbocycles. The fraction of sp³-hybridized carbons (Fsp3) is 0.389. The van der Waals surface area contributed by atoms with Gasteiger partial charge in [-0.15, -0.1) is 11.8 Å². The summed E-state index contributed by atoms with van der Waals surface area (Å²) in [5.41, 5.74) is 0. The smallest absolute Gasteiger partial charge is 0.230 e. The maximum absolute atomic E-state index is 12.9. The number of carbonyl (C=O) groups excluding carboxylic acids is 1. The van der Waals surface area contributed by atoms with Crippen molar-refractivity contribution in [2.45, 2.75) is 10.9 Å². The number of benzene rings is 1. The van der Waals surface area contributed by atoms with E-state index in [4.69, 9.17) is 9.15 Å². The van der Waals surface area contributed by atoms with Crippen molar-refractivity contribution in [3.63, 3.8) is 0 Å². The number of hydrogen-bond acceptors (Lipinski definition) is 5. The third kappa shape index (κ3) is 5.32. The molecule has 2 heterocycles. The second-order valence-electron chi connectivity index (χ2n) is 5.73. The fourth-order valence-electron chi connectivity index (χ4n) is 2.72. The molecule has 0 saturated carbocycles. The summed E-state index contributed by atoms with van der Waals surface area (Å²) >= 11 is 1.39. The largest absolute Gasteiger partial charge is 0.468 e. The zero-order chi connectivity index (χ0) is 17.5. The van der Waals surface area contributed by atoms with E-state index in [2.05, 4.69) is 10.2 Å². The van der Waals surface area contributed by atoms with E-state index in [0.29, 0.717) is 25.5 Å². The topological polar surface area (TPSA) is 54.7 Å². The van der Waals surface area contributed by atoms with Gasteiger partial charge in [-0.25, -0.2) is 4.39 Å². The van der Waals surface area contributed by atoms with Crippen molar-refractivity contribution in [3.05, 3.63) is 54.2 Å². The van der Waals surface area contributed by atoms with E-state index in [-0.39, 0.29) is 17.8 Å². The predicted octanol–water partition coefficient (Wildman–Crippen LogP) is 2.70. The summed E-state index contributed by atoms with van der Waals surface area (Å²) in [5.74, 6) is 0.799. The molecule has 1 aliphatic heterocycles. The Labute approximate surface area is 150 Å². The lowest BCUT2D eigenvalue weighted by Crippen LogP contribution is -2.44. The Kier molecular flexibility index (Phi) is 6.49. The van der Waals surface area contributed by atoms with Crippen LogP contribution >= 0.6 is 11.8 Å². The molecule has 0 bridgehead atoms. The first kappa shape index (κ1) is 18.0. The maximum Gasteiger partial charge on any atom is 0.230 e. The summed E-state index contributed by atoms with van der Waals surface area (Å²) in [6.45, 7) is 3.48. The second kappa shape index (κ2) is 9.03. The Morgan fingerprint density at radius 3 is 2.68 bits per heavy atom. The second-order valence-corrected chi connectivity index (χ2v) is 6.77. The highest BCUT2D eigenvalue weighted by atomic mass is 32.2. The minimum atomic E-state index is -0.277. The SMILES string of the molecule is O=C(CSc1ccc(F)cc1)NCC(c1ccco1)N1CCOCC1. The molecule has 5 nitrogen and oxygen atoms in total. The van der Waals surface area contributed by atoms with Crippen LogP contribution in [0, 0.1) is 5.82 Å². The van der Waals surface area contributed by atoms with Crippen molar-refractivity contribution in [2.24, 2.45) is 0 Å². The molecular weight excluding hydrogens is 343 g/mol. The molecule has 7 heteroatoms. The summed E-state index contributed by atoms with van der Waals surface area (Å²) in [6.07, 6.45) is 1.65. The Morgan fingerprint density at radius 1 is 1.24 bits per heavy atom. The molecule has 1 unspecified atom stereocenters. The van der Waals surface area contributed by atoms with E-state index >= 15 is 0 Å². The fourth-order valence-corrected chi connectivity index (χ4v) is 3.45. The van der Waals surface area contributed by atoms with Crippen LogP contribution in [0.5, 0.6) is 0 Å². The van der Waals surface area contributed by atoms with Crippen LogP contribution in [0.25, 0.3) is 0 Å². The molecular formula is C18H21FN2O3S. The zero-order valence-electron chi connectivity index (χ0n) is 13.8. The molecule has 1 aliphatic rings. The quantitative estimate of drug-likeness (QED) is 0.766. The molecule has 1 N–H and O–H groups in total. The number of nitrogens with one attached hydrogen (secondary N) is 1. The molecule has 2 aromatic rings. The van der Waals surface area contributed by atoms with Gasteiger partial charge in [-0.3, -0.25) is 9.69 Å². The first-order chi connectivity index (χ1) is 12.2. The van der Waals surface area contributed by atoms with Gasteiger partial charge in [0.15, 0.2) is 0 Å². The first-order valence-corrected chi connectivity index (χ1v) is 9.21. The van der Waals surface area contributed by atoms with Gasteiger partial charge in [-0.05, 0) is 36.4 Å². The van der Waals surface area contributed by atoms with Crippen molar-refractivity contribution in [1.82, 2.24) is 10.2 Å². The number of halogens is 1. The zero-order valence-corrected chi connectivity index (χ0v) is 14.6. The molecule has 0 spiro atoms. The summed E-state index contributed by atoms with van der Waals surface area (Å²) in [5, 5.41) is 2.97. The van der Waals surface area contributed by atoms with Gasteiger partial charge in [-0.2, -0.15) is 0 Å². The number of amides is 1. The minimum Gasteiger partial charge on any atom is -0.468 e. The van der Waals surface area contributed by atoms with Gasteiger partial charge < -0.3 is 14.5 Å². The Balaban J connectivity index is 1.51. The summed E-state index contributed by atoms with van der Waals surface area (Å²) in [6, 6.07) is 9.92. The van der Waals surface area contributed by atoms with Gasteiger partial charge in [0.05, 0.1) is 31.3 Å². The molecule has 0 radical (unpaired) electrons. The Hall–Kier alpha value is -1.83. The number of ether oxygens (including phenoxy) is 1. The number of rotatable bonds is 7. The molecule has 134 valence electrons. The van der Waals surface area contributed by atoms with Crippen molar-refractivity contribution in [3.8, 4) is 0 Å². The Morgan fingerprint density at radius 2 is 2.00 bits per heavy atom. The van der Waals surface area contributed by atoms with Gasteiger partial charge in [0.2, 0.25) is 5.91 Å². The monoisotopic (exact) mass is 364 g/mol. The van der Waals surface area contributed by atoms with Gasteiger partial charge in [-0.1, -0.05) is 0 Å². The lowest BCUT2D eigenvalue weighted by Gasteiger charge is -2.33. The average molecular weight is 364 g/mol. The number of thioether (sulfide) groups is 1. The van der Waals surface area contributed by atoms with Crippen LogP contribution < -0.4 is 5.32 Å². The third-order valence-corrected chi connectivity index (χ3v) is 5.05. The molecule has 1 fully saturated rings. The first-order valence-electron chi connectivity index (χ1n) is 8.22. The van der Waals surface area contributed by atoms with Gasteiger partial charge in [0.25, 0.3) is 0 Å². The van der Waals surface area contributed by atoms with Crippen LogP contribution in [-0.2, 0) is 9.53 Å². The molecule has 1 amide bonds. The van der Waals surface area contributed by atoms with Gasteiger partial charge in [0.1, 0.15) is 11.6 Å². The van der Waals surface area contributed by atoms with Crippen molar-refractivity contribution in [2.75, 3.05) is 38.6 Å². The number of hydrogen-bond donors (Lipinski definition) is 1. The third-order valence-electron chi connectivity index (χ3n) is 4.03. The normalized spacial score (nSPS) is 16.5. The van der Waals surface area contributed by atoms with Crippen molar-refractivity contribution >= 4 is 17.7 Å². The molecule has 3 rings (SSSR count). The van der Waals surface area contributed by atoms with E-state index in [9.17, 15) is 9.18 Å². The van der Waals surface area contributed by atoms with Crippen LogP contribution in [0.2, 0.25) is 0 Å². The molecule has 1 saturated heterocycles. The molecule has 1 atom stereocenters. The van der Waals surface area contributed by atoms with Crippen LogP contribution in [0.15, 0.2) is 52.0 Å². The minimum absolute atomic E-state index is 0.00123. The Bertz CT molecular complexity index is 657. The standard InChI is InChI=1S/C18H21FN2O3S/c19-14-3-5-15(6-4-14)25-13-18(22)20-12-16(17-2-1-9-24-17)21-7-10-23-11-8-21/h1-6,9,16H,7-8,10-13H2,(H,20,22). The van der Waals surface area contributed by atoms with Gasteiger partial charge in [0, 0.05) is 24.5 Å². The lowest BCUT2D eigenvalue weighted by atomic mass is 10.1. The average Bonchev–Trinajstić information content (AvgIpc) is 3.17. The predicted molar refractivity (Wildman–Crippen MR) is 94.0 cm³/mol. The van der Waals surface area contributed by atoms with E-state index in [1.807, 2.05) is 12.1 Å². The number of nitrogens with zero attached hydrogens (tertiary/aromatic N) is 1. The molecule has 1 aromatic heterocycles. The van der Waals surface area contributed by atoms with Crippen LogP contribution in [0.1, 0.15) is 11.8 Å². The summed E-state index contributed by atoms with van der Waals surface area (Å²) in [7, 11) is 0. The van der Waals surface area contributed by atoms with Crippen LogP contribution in [0.4, 0.5) is 4.39 Å². The summed E-state index contributed by atoms with van der Waals surface area (Å²) < 4.78 is 23.8. The van der Waals surface area contributed by atoms with E-state index in [1.54, 1.807) is 18.4 Å². The lowest BCUT2D eigenvalue weighted by molar-refractivity contribution is -0.118. The summed E-state index contributed by atoms with van der Waals surface area (Å²) in [4.78, 5) is 15.3. The maximum atomic E-state index is 12.9. The molecule has 0 aliphatic carbocycles. The van der Waals surface area contributed by atoms with Crippen molar-refractivity contribution < 1.29 is 18.3 Å².